The number of amides is 1. The van der Waals surface area contributed by atoms with Crippen LogP contribution in [0.15, 0.2) is 0 Å². The second-order valence-electron chi connectivity index (χ2n) is 6.05. The number of carbonyl (C=O) groups is 1. The van der Waals surface area contributed by atoms with Crippen molar-refractivity contribution in [2.24, 2.45) is 11.8 Å². The minimum atomic E-state index is 0.262. The zero-order chi connectivity index (χ0) is 12.4. The second-order valence-corrected chi connectivity index (χ2v) is 6.05. The first-order valence-electron chi connectivity index (χ1n) is 7.15. The van der Waals surface area contributed by atoms with Gasteiger partial charge in [0.1, 0.15) is 0 Å². The van der Waals surface area contributed by atoms with E-state index in [0.29, 0.717) is 23.7 Å². The van der Waals surface area contributed by atoms with E-state index in [1.54, 1.807) is 0 Å². The predicted octanol–water partition coefficient (Wildman–Crippen LogP) is 2.78. The third kappa shape index (κ3) is 2.86. The van der Waals surface area contributed by atoms with Crippen LogP contribution in [0.3, 0.4) is 0 Å². The summed E-state index contributed by atoms with van der Waals surface area (Å²) in [5, 5.41) is 0. The molecule has 1 amide bonds. The van der Waals surface area contributed by atoms with Crippen molar-refractivity contribution in [3.63, 3.8) is 0 Å². The Bertz CT molecular complexity index is 279. The smallest absolute Gasteiger partial charge is 0.226 e. The van der Waals surface area contributed by atoms with Crippen LogP contribution in [-0.4, -0.2) is 31.2 Å². The van der Waals surface area contributed by atoms with Gasteiger partial charge in [-0.2, -0.15) is 0 Å². The predicted molar refractivity (Wildman–Crippen MR) is 71.0 cm³/mol. The van der Waals surface area contributed by atoms with Gasteiger partial charge < -0.3 is 4.90 Å². The lowest BCUT2D eigenvalue weighted by Crippen LogP contribution is -2.48. The van der Waals surface area contributed by atoms with Gasteiger partial charge in [-0.05, 0) is 39.0 Å². The van der Waals surface area contributed by atoms with Crippen molar-refractivity contribution < 1.29 is 4.79 Å². The molecule has 1 saturated heterocycles. The van der Waals surface area contributed by atoms with Crippen LogP contribution >= 0.6 is 0 Å². The molecule has 0 aromatic carbocycles. The first kappa shape index (κ1) is 13.0. The Morgan fingerprint density at radius 3 is 2.65 bits per heavy atom. The van der Waals surface area contributed by atoms with Crippen molar-refractivity contribution in [3.05, 3.63) is 0 Å². The SMILES string of the molecule is [B]C1CCCC2CCN(C(C)C)C(=O)C2CC1. The van der Waals surface area contributed by atoms with Crippen molar-refractivity contribution in [2.75, 3.05) is 6.54 Å². The lowest BCUT2D eigenvalue weighted by Gasteiger charge is -2.41. The number of rotatable bonds is 1. The highest BCUT2D eigenvalue weighted by Gasteiger charge is 2.37. The second kappa shape index (κ2) is 5.45. The molecule has 1 aliphatic carbocycles. The fourth-order valence-electron chi connectivity index (χ4n) is 3.43. The normalized spacial score (nSPS) is 35.4. The van der Waals surface area contributed by atoms with E-state index in [0.717, 1.165) is 25.8 Å². The Kier molecular flexibility index (Phi) is 4.16. The molecule has 94 valence electrons. The van der Waals surface area contributed by atoms with Gasteiger partial charge in [-0.1, -0.05) is 25.1 Å². The monoisotopic (exact) mass is 233 g/mol. The highest BCUT2D eigenvalue weighted by Crippen LogP contribution is 2.37. The molecule has 1 aliphatic heterocycles. The Morgan fingerprint density at radius 1 is 1.18 bits per heavy atom. The van der Waals surface area contributed by atoms with Crippen LogP contribution in [0.1, 0.15) is 52.4 Å². The van der Waals surface area contributed by atoms with Crippen LogP contribution in [0.4, 0.5) is 0 Å². The molecule has 2 fully saturated rings. The van der Waals surface area contributed by atoms with Crippen molar-refractivity contribution in [2.45, 2.75) is 64.2 Å². The quantitative estimate of drug-likeness (QED) is 0.638. The standard InChI is InChI=1S/C14H24BNO/c1-10(2)16-9-8-11-4-3-5-12(15)6-7-13(11)14(16)17/h10-13H,3-9H2,1-2H3. The highest BCUT2D eigenvalue weighted by molar-refractivity contribution is 6.11. The fourth-order valence-corrected chi connectivity index (χ4v) is 3.43. The van der Waals surface area contributed by atoms with Crippen molar-refractivity contribution >= 4 is 13.8 Å². The molecule has 2 nitrogen and oxygen atoms in total. The molecule has 0 aromatic heterocycles. The Morgan fingerprint density at radius 2 is 1.94 bits per heavy atom. The van der Waals surface area contributed by atoms with Gasteiger partial charge in [-0.25, -0.2) is 0 Å². The van der Waals surface area contributed by atoms with Gasteiger partial charge in [-0.15, -0.1) is 0 Å². The van der Waals surface area contributed by atoms with Crippen molar-refractivity contribution in [1.82, 2.24) is 4.90 Å². The molecule has 0 aromatic rings. The molecule has 0 N–H and O–H groups in total. The zero-order valence-corrected chi connectivity index (χ0v) is 11.2. The van der Waals surface area contributed by atoms with Crippen molar-refractivity contribution in [1.29, 1.82) is 0 Å². The van der Waals surface area contributed by atoms with Crippen molar-refractivity contribution in [3.8, 4) is 0 Å². The van der Waals surface area contributed by atoms with E-state index in [4.69, 9.17) is 7.85 Å². The largest absolute Gasteiger partial charge is 0.340 e. The Labute approximate surface area is 107 Å². The molecule has 1 saturated carbocycles. The zero-order valence-electron chi connectivity index (χ0n) is 11.2. The van der Waals surface area contributed by atoms with Gasteiger partial charge in [0.05, 0.1) is 7.85 Å². The molecule has 3 unspecified atom stereocenters. The summed E-state index contributed by atoms with van der Waals surface area (Å²) in [5.41, 5.74) is 0. The van der Waals surface area contributed by atoms with E-state index in [-0.39, 0.29) is 5.92 Å². The molecular formula is C14H24BNO. The molecule has 0 spiro atoms. The van der Waals surface area contributed by atoms with Crippen LogP contribution in [0.25, 0.3) is 0 Å². The summed E-state index contributed by atoms with van der Waals surface area (Å²) in [4.78, 5) is 14.5. The summed E-state index contributed by atoms with van der Waals surface area (Å²) < 4.78 is 0. The molecule has 3 heteroatoms. The van der Waals surface area contributed by atoms with Crippen LogP contribution in [0.2, 0.25) is 5.82 Å². The minimum absolute atomic E-state index is 0.262. The third-order valence-electron chi connectivity index (χ3n) is 4.53. The van der Waals surface area contributed by atoms with E-state index >= 15 is 0 Å². The minimum Gasteiger partial charge on any atom is -0.340 e. The number of fused-ring (bicyclic) bond motifs is 1. The molecular weight excluding hydrogens is 209 g/mol. The van der Waals surface area contributed by atoms with Crippen LogP contribution in [0, 0.1) is 11.8 Å². The first-order valence-corrected chi connectivity index (χ1v) is 7.15. The lowest BCUT2D eigenvalue weighted by molar-refractivity contribution is -0.144. The molecule has 1 heterocycles. The van der Waals surface area contributed by atoms with Gasteiger partial charge in [0, 0.05) is 18.5 Å². The van der Waals surface area contributed by atoms with Gasteiger partial charge >= 0.3 is 0 Å². The third-order valence-corrected chi connectivity index (χ3v) is 4.53. The number of carbonyl (C=O) groups excluding carboxylic acids is 1. The molecule has 3 atom stereocenters. The van der Waals surface area contributed by atoms with Gasteiger partial charge in [0.25, 0.3) is 0 Å². The number of hydrogen-bond donors (Lipinski definition) is 0. The van der Waals surface area contributed by atoms with Crippen LogP contribution in [-0.2, 0) is 4.79 Å². The van der Waals surface area contributed by atoms with Gasteiger partial charge in [-0.3, -0.25) is 4.79 Å². The van der Waals surface area contributed by atoms with E-state index in [9.17, 15) is 4.79 Å². The highest BCUT2D eigenvalue weighted by atomic mass is 16.2. The van der Waals surface area contributed by atoms with E-state index < -0.39 is 0 Å². The Hall–Kier alpha value is -0.465. The Balaban J connectivity index is 2.06. The maximum Gasteiger partial charge on any atom is 0.226 e. The maximum absolute atomic E-state index is 12.5. The van der Waals surface area contributed by atoms with Crippen LogP contribution in [0.5, 0.6) is 0 Å². The summed E-state index contributed by atoms with van der Waals surface area (Å²) in [5.74, 6) is 1.60. The molecule has 2 aliphatic rings. The topological polar surface area (TPSA) is 20.3 Å². The number of piperidine rings is 1. The molecule has 2 rings (SSSR count). The average molecular weight is 233 g/mol. The molecule has 0 bridgehead atoms. The van der Waals surface area contributed by atoms with E-state index in [2.05, 4.69) is 18.7 Å². The summed E-state index contributed by atoms with van der Waals surface area (Å²) in [6.45, 7) is 5.20. The van der Waals surface area contributed by atoms with Gasteiger partial charge in [0.2, 0.25) is 5.91 Å². The van der Waals surface area contributed by atoms with Gasteiger partial charge in [0.15, 0.2) is 0 Å². The number of likely N-dealkylation sites (tertiary alicyclic amines) is 1. The van der Waals surface area contributed by atoms with Crippen LogP contribution < -0.4 is 0 Å². The fraction of sp³-hybridized carbons (Fsp3) is 0.929. The lowest BCUT2D eigenvalue weighted by atomic mass is 9.70. The summed E-state index contributed by atoms with van der Waals surface area (Å²) in [6, 6.07) is 0.350. The maximum atomic E-state index is 12.5. The van der Waals surface area contributed by atoms with E-state index in [1.807, 2.05) is 0 Å². The number of nitrogens with zero attached hydrogens (tertiary/aromatic N) is 1. The first-order chi connectivity index (χ1) is 8.09. The van der Waals surface area contributed by atoms with E-state index in [1.165, 1.54) is 19.3 Å². The summed E-state index contributed by atoms with van der Waals surface area (Å²) in [7, 11) is 6.04. The summed E-state index contributed by atoms with van der Waals surface area (Å²) >= 11 is 0. The number of hydrogen-bond acceptors (Lipinski definition) is 1. The molecule has 2 radical (unpaired) electrons. The average Bonchev–Trinajstić information content (AvgIpc) is 2.24. The summed E-state index contributed by atoms with van der Waals surface area (Å²) in [6.07, 6.45) is 6.79. The molecule has 17 heavy (non-hydrogen) atoms.